The molecule has 0 aliphatic carbocycles. The van der Waals surface area contributed by atoms with Gasteiger partial charge in [0.25, 0.3) is 0 Å². The standard InChI is InChI=1S/C8H14O2/c1-6(2)8-3-7(4-9)5-10-8/h4,6-8H,3,5H2,1-2H3. The van der Waals surface area contributed by atoms with E-state index in [4.69, 9.17) is 4.74 Å². The van der Waals surface area contributed by atoms with E-state index in [1.165, 1.54) is 0 Å². The molecule has 1 aliphatic heterocycles. The molecule has 0 amide bonds. The Bertz CT molecular complexity index is 120. The molecule has 0 aromatic heterocycles. The minimum atomic E-state index is 0.160. The molecule has 0 saturated carbocycles. The molecule has 0 N–H and O–H groups in total. The Hall–Kier alpha value is -0.370. The van der Waals surface area contributed by atoms with Crippen molar-refractivity contribution in [2.75, 3.05) is 6.61 Å². The monoisotopic (exact) mass is 142 g/mol. The summed E-state index contributed by atoms with van der Waals surface area (Å²) < 4.78 is 5.39. The van der Waals surface area contributed by atoms with E-state index in [-0.39, 0.29) is 5.92 Å². The van der Waals surface area contributed by atoms with E-state index in [1.807, 2.05) is 0 Å². The molecule has 1 saturated heterocycles. The highest BCUT2D eigenvalue weighted by Gasteiger charge is 2.26. The molecular weight excluding hydrogens is 128 g/mol. The summed E-state index contributed by atoms with van der Waals surface area (Å²) in [6.45, 7) is 4.88. The summed E-state index contributed by atoms with van der Waals surface area (Å²) in [5, 5.41) is 0. The van der Waals surface area contributed by atoms with E-state index in [0.29, 0.717) is 18.6 Å². The van der Waals surface area contributed by atoms with Gasteiger partial charge in [0.05, 0.1) is 12.7 Å². The van der Waals surface area contributed by atoms with Crippen molar-refractivity contribution in [1.82, 2.24) is 0 Å². The van der Waals surface area contributed by atoms with Crippen LogP contribution < -0.4 is 0 Å². The van der Waals surface area contributed by atoms with E-state index in [2.05, 4.69) is 13.8 Å². The Balaban J connectivity index is 2.35. The zero-order chi connectivity index (χ0) is 7.56. The molecular formula is C8H14O2. The molecule has 0 spiro atoms. The Kier molecular flexibility index (Phi) is 2.44. The summed E-state index contributed by atoms with van der Waals surface area (Å²) in [7, 11) is 0. The first kappa shape index (κ1) is 7.73. The zero-order valence-electron chi connectivity index (χ0n) is 6.54. The highest BCUT2D eigenvalue weighted by molar-refractivity contribution is 5.54. The van der Waals surface area contributed by atoms with Crippen LogP contribution in [0.5, 0.6) is 0 Å². The molecule has 2 heteroatoms. The highest BCUT2D eigenvalue weighted by Crippen LogP contribution is 2.23. The second kappa shape index (κ2) is 3.15. The molecule has 2 unspecified atom stereocenters. The largest absolute Gasteiger partial charge is 0.377 e. The van der Waals surface area contributed by atoms with Crippen LogP contribution >= 0.6 is 0 Å². The topological polar surface area (TPSA) is 26.3 Å². The summed E-state index contributed by atoms with van der Waals surface area (Å²) in [5.74, 6) is 0.706. The summed E-state index contributed by atoms with van der Waals surface area (Å²) in [6.07, 6.45) is 2.24. The Morgan fingerprint density at radius 2 is 2.30 bits per heavy atom. The van der Waals surface area contributed by atoms with Crippen molar-refractivity contribution in [2.24, 2.45) is 11.8 Å². The van der Waals surface area contributed by atoms with Gasteiger partial charge in [-0.15, -0.1) is 0 Å². The SMILES string of the molecule is CC(C)C1CC(C=O)CO1. The molecule has 0 aromatic rings. The predicted octanol–water partition coefficient (Wildman–Crippen LogP) is 1.25. The molecule has 1 fully saturated rings. The average molecular weight is 142 g/mol. The van der Waals surface area contributed by atoms with Crippen LogP contribution in [0.2, 0.25) is 0 Å². The third kappa shape index (κ3) is 1.57. The van der Waals surface area contributed by atoms with Crippen LogP contribution in [0.3, 0.4) is 0 Å². The molecule has 0 aromatic carbocycles. The summed E-state index contributed by atoms with van der Waals surface area (Å²) in [4.78, 5) is 10.3. The zero-order valence-corrected chi connectivity index (χ0v) is 6.54. The van der Waals surface area contributed by atoms with Crippen LogP contribution in [-0.4, -0.2) is 19.0 Å². The molecule has 2 atom stereocenters. The number of aldehydes is 1. The van der Waals surface area contributed by atoms with Gasteiger partial charge in [-0.2, -0.15) is 0 Å². The maximum atomic E-state index is 10.3. The molecule has 58 valence electrons. The lowest BCUT2D eigenvalue weighted by Crippen LogP contribution is -2.13. The third-order valence-corrected chi connectivity index (χ3v) is 2.00. The van der Waals surface area contributed by atoms with Crippen molar-refractivity contribution in [1.29, 1.82) is 0 Å². The summed E-state index contributed by atoms with van der Waals surface area (Å²) >= 11 is 0. The van der Waals surface area contributed by atoms with Gasteiger partial charge in [-0.1, -0.05) is 13.8 Å². The Morgan fingerprint density at radius 1 is 1.60 bits per heavy atom. The van der Waals surface area contributed by atoms with Gasteiger partial charge in [0.2, 0.25) is 0 Å². The molecule has 0 radical (unpaired) electrons. The molecule has 0 bridgehead atoms. The van der Waals surface area contributed by atoms with Crippen LogP contribution in [-0.2, 0) is 9.53 Å². The normalized spacial score (nSPS) is 33.1. The van der Waals surface area contributed by atoms with Gasteiger partial charge in [-0.25, -0.2) is 0 Å². The quantitative estimate of drug-likeness (QED) is 0.542. The Morgan fingerprint density at radius 3 is 2.60 bits per heavy atom. The lowest BCUT2D eigenvalue weighted by atomic mass is 10.00. The lowest BCUT2D eigenvalue weighted by molar-refractivity contribution is -0.111. The molecule has 10 heavy (non-hydrogen) atoms. The van der Waals surface area contributed by atoms with Gasteiger partial charge in [-0.05, 0) is 12.3 Å². The maximum Gasteiger partial charge on any atom is 0.125 e. The van der Waals surface area contributed by atoms with Crippen LogP contribution in [0.1, 0.15) is 20.3 Å². The van der Waals surface area contributed by atoms with Crippen molar-refractivity contribution in [3.63, 3.8) is 0 Å². The van der Waals surface area contributed by atoms with Gasteiger partial charge in [0.15, 0.2) is 0 Å². The first-order chi connectivity index (χ1) is 4.74. The average Bonchev–Trinajstić information content (AvgIpc) is 2.34. The Labute approximate surface area is 61.6 Å². The van der Waals surface area contributed by atoms with E-state index in [1.54, 1.807) is 0 Å². The number of carbonyl (C=O) groups is 1. The van der Waals surface area contributed by atoms with E-state index in [0.717, 1.165) is 12.7 Å². The number of ether oxygens (including phenoxy) is 1. The fourth-order valence-electron chi connectivity index (χ4n) is 1.24. The first-order valence-corrected chi connectivity index (χ1v) is 3.81. The second-order valence-corrected chi connectivity index (χ2v) is 3.25. The van der Waals surface area contributed by atoms with Gasteiger partial charge < -0.3 is 9.53 Å². The fourth-order valence-corrected chi connectivity index (χ4v) is 1.24. The fraction of sp³-hybridized carbons (Fsp3) is 0.875. The van der Waals surface area contributed by atoms with Gasteiger partial charge in [0.1, 0.15) is 6.29 Å². The van der Waals surface area contributed by atoms with Crippen molar-refractivity contribution >= 4 is 6.29 Å². The van der Waals surface area contributed by atoms with Gasteiger partial charge >= 0.3 is 0 Å². The molecule has 1 rings (SSSR count). The van der Waals surface area contributed by atoms with Crippen LogP contribution in [0.25, 0.3) is 0 Å². The second-order valence-electron chi connectivity index (χ2n) is 3.25. The van der Waals surface area contributed by atoms with E-state index < -0.39 is 0 Å². The van der Waals surface area contributed by atoms with E-state index in [9.17, 15) is 4.79 Å². The third-order valence-electron chi connectivity index (χ3n) is 2.00. The number of rotatable bonds is 2. The van der Waals surface area contributed by atoms with Crippen LogP contribution in [0.4, 0.5) is 0 Å². The van der Waals surface area contributed by atoms with Crippen molar-refractivity contribution < 1.29 is 9.53 Å². The maximum absolute atomic E-state index is 10.3. The molecule has 1 aliphatic rings. The minimum Gasteiger partial charge on any atom is -0.377 e. The number of hydrogen-bond donors (Lipinski definition) is 0. The predicted molar refractivity (Wildman–Crippen MR) is 38.7 cm³/mol. The van der Waals surface area contributed by atoms with Crippen molar-refractivity contribution in [3.05, 3.63) is 0 Å². The first-order valence-electron chi connectivity index (χ1n) is 3.81. The molecule has 1 heterocycles. The minimum absolute atomic E-state index is 0.160. The van der Waals surface area contributed by atoms with Crippen molar-refractivity contribution in [2.45, 2.75) is 26.4 Å². The van der Waals surface area contributed by atoms with Crippen LogP contribution in [0, 0.1) is 11.8 Å². The van der Waals surface area contributed by atoms with Crippen LogP contribution in [0.15, 0.2) is 0 Å². The number of carbonyl (C=O) groups excluding carboxylic acids is 1. The van der Waals surface area contributed by atoms with Gasteiger partial charge in [0, 0.05) is 5.92 Å². The lowest BCUT2D eigenvalue weighted by Gasteiger charge is -2.11. The van der Waals surface area contributed by atoms with Gasteiger partial charge in [-0.3, -0.25) is 0 Å². The smallest absolute Gasteiger partial charge is 0.125 e. The summed E-state index contributed by atoms with van der Waals surface area (Å²) in [5.41, 5.74) is 0. The summed E-state index contributed by atoms with van der Waals surface area (Å²) in [6, 6.07) is 0. The highest BCUT2D eigenvalue weighted by atomic mass is 16.5. The van der Waals surface area contributed by atoms with Crippen molar-refractivity contribution in [3.8, 4) is 0 Å². The molecule has 2 nitrogen and oxygen atoms in total. The number of hydrogen-bond acceptors (Lipinski definition) is 2. The van der Waals surface area contributed by atoms with E-state index >= 15 is 0 Å².